The van der Waals surface area contributed by atoms with Crippen LogP contribution in [0.2, 0.25) is 0 Å². The number of aryl methyl sites for hydroxylation is 1. The number of likely N-dealkylation sites (tertiary alicyclic amines) is 1. The molecule has 0 spiro atoms. The normalized spacial score (nSPS) is 14.8. The Morgan fingerprint density at radius 2 is 1.82 bits per heavy atom. The standard InChI is InChI=1S/C31H35N7O2/c1-31(2,3)40-30(39)37-14-12-21(13-15-37)26-18-23(28-29(32)33-19-34-38(26)28)22-10-11-25-24(17-22)35-27(36(25)4)16-20-8-6-5-7-9-20/h5-11,17-19,21H,12-16H2,1-4H3,(H2,32,33,34). The van der Waals surface area contributed by atoms with Gasteiger partial charge in [-0.05, 0) is 62.9 Å². The molecule has 5 aromatic rings. The summed E-state index contributed by atoms with van der Waals surface area (Å²) in [4.78, 5) is 23.7. The van der Waals surface area contributed by atoms with E-state index in [4.69, 9.17) is 15.5 Å². The first-order valence-corrected chi connectivity index (χ1v) is 13.8. The van der Waals surface area contributed by atoms with Crippen LogP contribution in [0, 0.1) is 0 Å². The highest BCUT2D eigenvalue weighted by Gasteiger charge is 2.30. The number of nitrogens with zero attached hydrogens (tertiary/aromatic N) is 6. The summed E-state index contributed by atoms with van der Waals surface area (Å²) in [6, 6.07) is 18.9. The Labute approximate surface area is 233 Å². The summed E-state index contributed by atoms with van der Waals surface area (Å²) < 4.78 is 9.67. The molecule has 6 rings (SSSR count). The van der Waals surface area contributed by atoms with Crippen molar-refractivity contribution >= 4 is 28.5 Å². The molecule has 2 aromatic carbocycles. The van der Waals surface area contributed by atoms with E-state index in [9.17, 15) is 4.79 Å². The van der Waals surface area contributed by atoms with Crippen LogP contribution in [0.5, 0.6) is 0 Å². The number of amides is 1. The predicted molar refractivity (Wildman–Crippen MR) is 156 cm³/mol. The minimum Gasteiger partial charge on any atom is -0.444 e. The van der Waals surface area contributed by atoms with Crippen molar-refractivity contribution in [3.05, 3.63) is 78.0 Å². The Morgan fingerprint density at radius 3 is 2.55 bits per heavy atom. The molecule has 0 radical (unpaired) electrons. The maximum atomic E-state index is 12.6. The zero-order chi connectivity index (χ0) is 28.0. The van der Waals surface area contributed by atoms with E-state index in [1.54, 1.807) is 4.90 Å². The summed E-state index contributed by atoms with van der Waals surface area (Å²) in [6.07, 6.45) is 3.65. The molecular formula is C31H35N7O2. The molecule has 3 aromatic heterocycles. The maximum Gasteiger partial charge on any atom is 0.410 e. The van der Waals surface area contributed by atoms with Gasteiger partial charge in [-0.2, -0.15) is 5.10 Å². The van der Waals surface area contributed by atoms with E-state index in [1.807, 2.05) is 31.4 Å². The van der Waals surface area contributed by atoms with Crippen LogP contribution >= 0.6 is 0 Å². The highest BCUT2D eigenvalue weighted by Crippen LogP contribution is 2.37. The number of rotatable bonds is 4. The third-order valence-electron chi connectivity index (χ3n) is 7.66. The van der Waals surface area contributed by atoms with Gasteiger partial charge in [0.2, 0.25) is 0 Å². The number of hydrogen-bond donors (Lipinski definition) is 1. The van der Waals surface area contributed by atoms with Crippen molar-refractivity contribution in [2.75, 3.05) is 18.8 Å². The molecule has 0 saturated carbocycles. The first-order valence-electron chi connectivity index (χ1n) is 13.8. The summed E-state index contributed by atoms with van der Waals surface area (Å²) in [5.74, 6) is 1.68. The number of nitrogen functional groups attached to an aromatic ring is 1. The van der Waals surface area contributed by atoms with Gasteiger partial charge in [0, 0.05) is 43.7 Å². The molecule has 40 heavy (non-hydrogen) atoms. The van der Waals surface area contributed by atoms with Crippen molar-refractivity contribution in [3.8, 4) is 11.1 Å². The van der Waals surface area contributed by atoms with Crippen LogP contribution in [0.15, 0.2) is 60.9 Å². The molecule has 0 atom stereocenters. The number of imidazole rings is 1. The van der Waals surface area contributed by atoms with Gasteiger partial charge in [0.1, 0.15) is 23.3 Å². The van der Waals surface area contributed by atoms with Gasteiger partial charge < -0.3 is 19.9 Å². The van der Waals surface area contributed by atoms with Crippen molar-refractivity contribution < 1.29 is 9.53 Å². The van der Waals surface area contributed by atoms with Gasteiger partial charge >= 0.3 is 6.09 Å². The number of ether oxygens (including phenoxy) is 1. The van der Waals surface area contributed by atoms with E-state index >= 15 is 0 Å². The fraction of sp³-hybridized carbons (Fsp3) is 0.355. The Kier molecular flexibility index (Phi) is 6.44. The molecule has 1 saturated heterocycles. The molecule has 1 aliphatic heterocycles. The van der Waals surface area contributed by atoms with Gasteiger partial charge in [-0.25, -0.2) is 19.3 Å². The highest BCUT2D eigenvalue weighted by molar-refractivity contribution is 5.92. The van der Waals surface area contributed by atoms with Crippen LogP contribution in [0.3, 0.4) is 0 Å². The first kappa shape index (κ1) is 25.9. The van der Waals surface area contributed by atoms with Crippen LogP contribution in [-0.2, 0) is 18.2 Å². The van der Waals surface area contributed by atoms with E-state index in [-0.39, 0.29) is 12.0 Å². The van der Waals surface area contributed by atoms with Gasteiger partial charge in [-0.15, -0.1) is 0 Å². The van der Waals surface area contributed by atoms with Crippen molar-refractivity contribution in [1.82, 2.24) is 29.0 Å². The van der Waals surface area contributed by atoms with E-state index in [0.29, 0.717) is 18.9 Å². The predicted octanol–water partition coefficient (Wildman–Crippen LogP) is 5.57. The van der Waals surface area contributed by atoms with Crippen molar-refractivity contribution in [2.24, 2.45) is 7.05 Å². The Hall–Kier alpha value is -4.40. The third kappa shape index (κ3) is 4.87. The smallest absolute Gasteiger partial charge is 0.410 e. The SMILES string of the molecule is Cn1c(Cc2ccccc2)nc2cc(-c3cc(C4CCN(C(=O)OC(C)(C)C)CC4)n4ncnc(N)c34)ccc21. The summed E-state index contributed by atoms with van der Waals surface area (Å²) >= 11 is 0. The number of anilines is 1. The number of piperidine rings is 1. The van der Waals surface area contributed by atoms with Gasteiger partial charge in [0.25, 0.3) is 0 Å². The van der Waals surface area contributed by atoms with E-state index in [0.717, 1.165) is 58.5 Å². The number of nitrogens with two attached hydrogens (primary N) is 1. The van der Waals surface area contributed by atoms with Crippen molar-refractivity contribution in [1.29, 1.82) is 0 Å². The monoisotopic (exact) mass is 537 g/mol. The Bertz CT molecular complexity index is 1690. The Balaban J connectivity index is 1.32. The van der Waals surface area contributed by atoms with E-state index in [1.165, 1.54) is 11.9 Å². The molecule has 206 valence electrons. The number of fused-ring (bicyclic) bond motifs is 2. The van der Waals surface area contributed by atoms with Crippen molar-refractivity contribution in [2.45, 2.75) is 51.6 Å². The molecule has 0 bridgehead atoms. The summed E-state index contributed by atoms with van der Waals surface area (Å²) in [5, 5.41) is 4.59. The average molecular weight is 538 g/mol. The van der Waals surface area contributed by atoms with Gasteiger partial charge in [0.15, 0.2) is 5.82 Å². The summed E-state index contributed by atoms with van der Waals surface area (Å²) in [6.45, 7) is 6.94. The van der Waals surface area contributed by atoms with Crippen LogP contribution < -0.4 is 5.73 Å². The number of carbonyl (C=O) groups is 1. The van der Waals surface area contributed by atoms with E-state index in [2.05, 4.69) is 70.2 Å². The molecule has 4 heterocycles. The molecular weight excluding hydrogens is 502 g/mol. The molecule has 9 heteroatoms. The number of carbonyl (C=O) groups excluding carboxylic acids is 1. The Morgan fingerprint density at radius 1 is 1.07 bits per heavy atom. The lowest BCUT2D eigenvalue weighted by atomic mass is 9.93. The molecule has 1 aliphatic rings. The maximum absolute atomic E-state index is 12.6. The minimum absolute atomic E-state index is 0.227. The second-order valence-corrected chi connectivity index (χ2v) is 11.6. The topological polar surface area (TPSA) is 104 Å². The number of benzene rings is 2. The lowest BCUT2D eigenvalue weighted by Crippen LogP contribution is -2.41. The molecule has 0 unspecified atom stereocenters. The summed E-state index contributed by atoms with van der Waals surface area (Å²) in [5.41, 5.74) is 13.0. The van der Waals surface area contributed by atoms with Gasteiger partial charge in [-0.3, -0.25) is 0 Å². The van der Waals surface area contributed by atoms with Crippen LogP contribution in [-0.4, -0.2) is 53.8 Å². The highest BCUT2D eigenvalue weighted by atomic mass is 16.6. The van der Waals surface area contributed by atoms with Crippen LogP contribution in [0.1, 0.15) is 56.6 Å². The van der Waals surface area contributed by atoms with Crippen LogP contribution in [0.4, 0.5) is 10.6 Å². The van der Waals surface area contributed by atoms with Gasteiger partial charge in [0.05, 0.1) is 11.0 Å². The number of hydrogen-bond acceptors (Lipinski definition) is 6. The zero-order valence-electron chi connectivity index (χ0n) is 23.5. The second kappa shape index (κ2) is 9.97. The molecule has 2 N–H and O–H groups in total. The lowest BCUT2D eigenvalue weighted by Gasteiger charge is -2.33. The molecule has 0 aliphatic carbocycles. The quantitative estimate of drug-likeness (QED) is 0.321. The van der Waals surface area contributed by atoms with Crippen LogP contribution in [0.25, 0.3) is 27.7 Å². The largest absolute Gasteiger partial charge is 0.444 e. The van der Waals surface area contributed by atoms with E-state index < -0.39 is 5.60 Å². The molecule has 9 nitrogen and oxygen atoms in total. The molecule has 1 fully saturated rings. The average Bonchev–Trinajstić information content (AvgIpc) is 3.47. The summed E-state index contributed by atoms with van der Waals surface area (Å²) in [7, 11) is 2.06. The zero-order valence-corrected chi connectivity index (χ0v) is 23.5. The van der Waals surface area contributed by atoms with Gasteiger partial charge in [-0.1, -0.05) is 36.4 Å². The number of aromatic nitrogens is 5. The minimum atomic E-state index is -0.508. The fourth-order valence-corrected chi connectivity index (χ4v) is 5.64. The van der Waals surface area contributed by atoms with Crippen molar-refractivity contribution in [3.63, 3.8) is 0 Å². The fourth-order valence-electron chi connectivity index (χ4n) is 5.64. The third-order valence-corrected chi connectivity index (χ3v) is 7.66. The lowest BCUT2D eigenvalue weighted by molar-refractivity contribution is 0.0203. The first-order chi connectivity index (χ1) is 19.2. The second-order valence-electron chi connectivity index (χ2n) is 11.6. The molecule has 1 amide bonds.